The molecular formula is C19H18BrN3O4. The number of anilines is 1. The lowest BCUT2D eigenvalue weighted by Gasteiger charge is -2.07. The van der Waals surface area contributed by atoms with E-state index < -0.39 is 11.8 Å². The average Bonchev–Trinajstić information content (AvgIpc) is 2.67. The molecule has 0 spiro atoms. The van der Waals surface area contributed by atoms with Crippen LogP contribution in [0.3, 0.4) is 0 Å². The molecule has 27 heavy (non-hydrogen) atoms. The lowest BCUT2D eigenvalue weighted by atomic mass is 10.2. The zero-order chi connectivity index (χ0) is 19.6. The maximum Gasteiger partial charge on any atom is 0.329 e. The molecule has 2 amide bonds. The van der Waals surface area contributed by atoms with Gasteiger partial charge in [0.2, 0.25) is 0 Å². The minimum Gasteiger partial charge on any atom is -0.497 e. The van der Waals surface area contributed by atoms with E-state index in [1.165, 1.54) is 13.3 Å². The summed E-state index contributed by atoms with van der Waals surface area (Å²) in [7, 11) is 1.51. The van der Waals surface area contributed by atoms with Crippen LogP contribution in [0.5, 0.6) is 11.5 Å². The van der Waals surface area contributed by atoms with Crippen LogP contribution in [0.2, 0.25) is 0 Å². The van der Waals surface area contributed by atoms with Crippen molar-refractivity contribution < 1.29 is 19.1 Å². The second-order valence-electron chi connectivity index (χ2n) is 5.17. The van der Waals surface area contributed by atoms with Crippen LogP contribution in [0.25, 0.3) is 0 Å². The van der Waals surface area contributed by atoms with E-state index in [0.717, 1.165) is 4.47 Å². The highest BCUT2D eigenvalue weighted by Crippen LogP contribution is 2.21. The number of nitrogens with zero attached hydrogens (tertiary/aromatic N) is 1. The Morgan fingerprint density at radius 3 is 2.78 bits per heavy atom. The third kappa shape index (κ3) is 6.27. The largest absolute Gasteiger partial charge is 0.497 e. The standard InChI is InChI=1S/C19H18BrN3O4/c1-3-9-27-17-8-7-14(20)10-13(17)12-21-23-19(25)18(24)22-15-5-4-6-16(11-15)26-2/h3-8,10-12H,1,9H2,2H3,(H,22,24)(H,23,25). The van der Waals surface area contributed by atoms with Crippen LogP contribution in [-0.2, 0) is 9.59 Å². The smallest absolute Gasteiger partial charge is 0.329 e. The zero-order valence-corrected chi connectivity index (χ0v) is 16.2. The third-order valence-electron chi connectivity index (χ3n) is 3.23. The van der Waals surface area contributed by atoms with Gasteiger partial charge in [0, 0.05) is 21.8 Å². The Kier molecular flexibility index (Phi) is 7.57. The van der Waals surface area contributed by atoms with Gasteiger partial charge in [-0.25, -0.2) is 5.43 Å². The molecule has 0 aromatic heterocycles. The van der Waals surface area contributed by atoms with E-state index in [4.69, 9.17) is 9.47 Å². The van der Waals surface area contributed by atoms with Crippen molar-refractivity contribution in [3.8, 4) is 11.5 Å². The Morgan fingerprint density at radius 1 is 1.22 bits per heavy atom. The van der Waals surface area contributed by atoms with E-state index in [2.05, 4.69) is 38.4 Å². The molecule has 0 aliphatic carbocycles. The van der Waals surface area contributed by atoms with Crippen LogP contribution < -0.4 is 20.2 Å². The van der Waals surface area contributed by atoms with Crippen molar-refractivity contribution in [3.63, 3.8) is 0 Å². The molecule has 0 fully saturated rings. The lowest BCUT2D eigenvalue weighted by molar-refractivity contribution is -0.136. The van der Waals surface area contributed by atoms with E-state index in [0.29, 0.717) is 29.4 Å². The van der Waals surface area contributed by atoms with Gasteiger partial charge in [0.05, 0.1) is 13.3 Å². The van der Waals surface area contributed by atoms with Crippen molar-refractivity contribution in [1.29, 1.82) is 0 Å². The summed E-state index contributed by atoms with van der Waals surface area (Å²) in [6.45, 7) is 3.93. The number of carbonyl (C=O) groups is 2. The number of hydrogen-bond donors (Lipinski definition) is 2. The van der Waals surface area contributed by atoms with Crippen LogP contribution >= 0.6 is 15.9 Å². The van der Waals surface area contributed by atoms with Crippen molar-refractivity contribution in [2.24, 2.45) is 5.10 Å². The van der Waals surface area contributed by atoms with Gasteiger partial charge in [0.25, 0.3) is 0 Å². The summed E-state index contributed by atoms with van der Waals surface area (Å²) in [6.07, 6.45) is 3.01. The van der Waals surface area contributed by atoms with Gasteiger partial charge in [-0.15, -0.1) is 0 Å². The molecule has 0 unspecified atom stereocenters. The molecule has 0 saturated carbocycles. The summed E-state index contributed by atoms with van der Waals surface area (Å²) in [4.78, 5) is 23.8. The fourth-order valence-corrected chi connectivity index (χ4v) is 2.38. The first kappa shape index (κ1) is 20.2. The number of nitrogens with one attached hydrogen (secondary N) is 2. The molecule has 2 aromatic carbocycles. The summed E-state index contributed by atoms with van der Waals surface area (Å²) in [5.41, 5.74) is 3.24. The monoisotopic (exact) mass is 431 g/mol. The number of rotatable bonds is 7. The van der Waals surface area contributed by atoms with Crippen LogP contribution in [-0.4, -0.2) is 31.7 Å². The molecule has 0 bridgehead atoms. The third-order valence-corrected chi connectivity index (χ3v) is 3.73. The van der Waals surface area contributed by atoms with Gasteiger partial charge in [-0.05, 0) is 30.3 Å². The van der Waals surface area contributed by atoms with Gasteiger partial charge in [-0.1, -0.05) is 34.7 Å². The molecular weight excluding hydrogens is 414 g/mol. The maximum absolute atomic E-state index is 11.9. The summed E-state index contributed by atoms with van der Waals surface area (Å²) in [5, 5.41) is 6.28. The number of hydrogen-bond acceptors (Lipinski definition) is 5. The highest BCUT2D eigenvalue weighted by molar-refractivity contribution is 9.10. The SMILES string of the molecule is C=CCOc1ccc(Br)cc1C=NNC(=O)C(=O)Nc1cccc(OC)c1. The van der Waals surface area contributed by atoms with Crippen molar-refractivity contribution >= 4 is 39.6 Å². The summed E-state index contributed by atoms with van der Waals surface area (Å²) in [5.74, 6) is -0.625. The Balaban J connectivity index is 1.98. The second kappa shape index (κ2) is 10.1. The zero-order valence-electron chi connectivity index (χ0n) is 14.6. The normalized spacial score (nSPS) is 10.3. The molecule has 0 saturated heterocycles. The Bertz CT molecular complexity index is 868. The predicted molar refractivity (Wildman–Crippen MR) is 107 cm³/mol. The molecule has 8 heteroatoms. The van der Waals surface area contributed by atoms with Crippen molar-refractivity contribution in [2.75, 3.05) is 19.0 Å². The van der Waals surface area contributed by atoms with Crippen LogP contribution in [0.4, 0.5) is 5.69 Å². The van der Waals surface area contributed by atoms with Gasteiger partial charge < -0.3 is 14.8 Å². The summed E-state index contributed by atoms with van der Waals surface area (Å²) >= 11 is 3.36. The van der Waals surface area contributed by atoms with Crippen LogP contribution in [0.15, 0.2) is 64.7 Å². The molecule has 0 aliphatic heterocycles. The average molecular weight is 432 g/mol. The van der Waals surface area contributed by atoms with Gasteiger partial charge in [0.1, 0.15) is 18.1 Å². The molecule has 140 valence electrons. The number of ether oxygens (including phenoxy) is 2. The quantitative estimate of drug-likeness (QED) is 0.305. The van der Waals surface area contributed by atoms with Gasteiger partial charge in [-0.3, -0.25) is 9.59 Å². The first-order chi connectivity index (χ1) is 13.0. The van der Waals surface area contributed by atoms with Crippen molar-refractivity contribution in [3.05, 3.63) is 65.2 Å². The molecule has 7 nitrogen and oxygen atoms in total. The van der Waals surface area contributed by atoms with Crippen LogP contribution in [0.1, 0.15) is 5.56 Å². The molecule has 2 aromatic rings. The number of hydrazone groups is 1. The number of amides is 2. The molecule has 2 rings (SSSR count). The van der Waals surface area contributed by atoms with E-state index in [9.17, 15) is 9.59 Å². The Hall–Kier alpha value is -3.13. The van der Waals surface area contributed by atoms with E-state index in [-0.39, 0.29) is 0 Å². The minimum atomic E-state index is -0.905. The molecule has 0 radical (unpaired) electrons. The van der Waals surface area contributed by atoms with Gasteiger partial charge in [-0.2, -0.15) is 5.10 Å². The number of benzene rings is 2. The van der Waals surface area contributed by atoms with Crippen LogP contribution in [0, 0.1) is 0 Å². The fourth-order valence-electron chi connectivity index (χ4n) is 2.00. The first-order valence-electron chi connectivity index (χ1n) is 7.85. The van der Waals surface area contributed by atoms with E-state index in [1.54, 1.807) is 42.5 Å². The number of carbonyl (C=O) groups excluding carboxylic acids is 2. The minimum absolute atomic E-state index is 0.331. The fraction of sp³-hybridized carbons (Fsp3) is 0.105. The van der Waals surface area contributed by atoms with Gasteiger partial charge in [0.15, 0.2) is 0 Å². The Morgan fingerprint density at radius 2 is 2.04 bits per heavy atom. The number of methoxy groups -OCH3 is 1. The van der Waals surface area contributed by atoms with Crippen molar-refractivity contribution in [1.82, 2.24) is 5.43 Å². The van der Waals surface area contributed by atoms with Crippen molar-refractivity contribution in [2.45, 2.75) is 0 Å². The predicted octanol–water partition coefficient (Wildman–Crippen LogP) is 3.11. The van der Waals surface area contributed by atoms with E-state index in [1.807, 2.05) is 6.07 Å². The maximum atomic E-state index is 11.9. The van der Waals surface area contributed by atoms with E-state index >= 15 is 0 Å². The first-order valence-corrected chi connectivity index (χ1v) is 8.64. The molecule has 0 heterocycles. The number of halogens is 1. The molecule has 0 aliphatic rings. The highest BCUT2D eigenvalue weighted by Gasteiger charge is 2.13. The highest BCUT2D eigenvalue weighted by atomic mass is 79.9. The topological polar surface area (TPSA) is 89.0 Å². The summed E-state index contributed by atoms with van der Waals surface area (Å²) in [6, 6.07) is 12.0. The molecule has 2 N–H and O–H groups in total. The Labute approximate surface area is 165 Å². The summed E-state index contributed by atoms with van der Waals surface area (Å²) < 4.78 is 11.4. The van der Waals surface area contributed by atoms with Gasteiger partial charge >= 0.3 is 11.8 Å². The second-order valence-corrected chi connectivity index (χ2v) is 6.08. The lowest BCUT2D eigenvalue weighted by Crippen LogP contribution is -2.32. The molecule has 0 atom stereocenters.